The lowest BCUT2D eigenvalue weighted by molar-refractivity contribution is 0.0598. The van der Waals surface area contributed by atoms with Crippen LogP contribution in [0.1, 0.15) is 24.2 Å². The van der Waals surface area contributed by atoms with E-state index < -0.39 is 11.5 Å². The van der Waals surface area contributed by atoms with Gasteiger partial charge in [-0.15, -0.1) is 0 Å². The molecule has 4 nitrogen and oxygen atoms in total. The summed E-state index contributed by atoms with van der Waals surface area (Å²) in [5.41, 5.74) is -0.408. The number of rotatable bonds is 1. The molecular formula is C9H13NO3. The highest BCUT2D eigenvalue weighted by Gasteiger charge is 2.07. The van der Waals surface area contributed by atoms with Crippen molar-refractivity contribution >= 4 is 5.97 Å². The minimum atomic E-state index is -0.619. The summed E-state index contributed by atoms with van der Waals surface area (Å²) in [5.74, 6) is -0.619. The van der Waals surface area contributed by atoms with Crippen molar-refractivity contribution in [3.63, 3.8) is 0 Å². The van der Waals surface area contributed by atoms with Crippen molar-refractivity contribution in [1.29, 1.82) is 0 Å². The Labute approximate surface area is 76.6 Å². The van der Waals surface area contributed by atoms with Crippen LogP contribution in [-0.2, 0) is 4.74 Å². The van der Waals surface area contributed by atoms with Crippen LogP contribution in [0.25, 0.3) is 0 Å². The molecule has 0 unspecified atom stereocenters. The minimum Gasteiger partial charge on any atom is -0.465 e. The second-order valence-electron chi connectivity index (χ2n) is 1.90. The molecule has 1 aromatic rings. The Balaban J connectivity index is 0.000000671. The van der Waals surface area contributed by atoms with Crippen molar-refractivity contribution in [1.82, 2.24) is 4.98 Å². The third-order valence-corrected chi connectivity index (χ3v) is 1.22. The van der Waals surface area contributed by atoms with Crippen LogP contribution in [-0.4, -0.2) is 18.1 Å². The number of H-pyrrole nitrogens is 1. The van der Waals surface area contributed by atoms with Crippen LogP contribution in [0.2, 0.25) is 0 Å². The fourth-order valence-electron chi connectivity index (χ4n) is 0.692. The lowest BCUT2D eigenvalue weighted by Crippen LogP contribution is -2.17. The molecule has 0 aromatic carbocycles. The highest BCUT2D eigenvalue weighted by molar-refractivity contribution is 5.88. The largest absolute Gasteiger partial charge is 0.465 e. The van der Waals surface area contributed by atoms with Gasteiger partial charge in [-0.1, -0.05) is 13.8 Å². The van der Waals surface area contributed by atoms with Crippen LogP contribution >= 0.6 is 0 Å². The van der Waals surface area contributed by atoms with Gasteiger partial charge in [0, 0.05) is 6.20 Å². The summed E-state index contributed by atoms with van der Waals surface area (Å²) in [4.78, 5) is 24.0. The minimum absolute atomic E-state index is 0.0231. The van der Waals surface area contributed by atoms with E-state index in [0.29, 0.717) is 0 Å². The van der Waals surface area contributed by atoms with Crippen molar-refractivity contribution < 1.29 is 9.53 Å². The van der Waals surface area contributed by atoms with Gasteiger partial charge in [0.1, 0.15) is 5.56 Å². The normalized spacial score (nSPS) is 8.23. The molecule has 0 aliphatic rings. The van der Waals surface area contributed by atoms with E-state index in [1.807, 2.05) is 13.8 Å². The Morgan fingerprint density at radius 1 is 1.46 bits per heavy atom. The Kier molecular flexibility index (Phi) is 5.27. The third kappa shape index (κ3) is 3.11. The molecule has 0 saturated heterocycles. The van der Waals surface area contributed by atoms with E-state index in [2.05, 4.69) is 9.72 Å². The highest BCUT2D eigenvalue weighted by atomic mass is 16.5. The molecule has 1 heterocycles. The van der Waals surface area contributed by atoms with Gasteiger partial charge in [0.05, 0.1) is 7.11 Å². The maximum Gasteiger partial charge on any atom is 0.343 e. The maximum absolute atomic E-state index is 10.9. The predicted octanol–water partition coefficient (Wildman–Crippen LogP) is 1.19. The summed E-state index contributed by atoms with van der Waals surface area (Å²) in [6.45, 7) is 4.00. The van der Waals surface area contributed by atoms with Crippen molar-refractivity contribution in [2.24, 2.45) is 0 Å². The lowest BCUT2D eigenvalue weighted by atomic mass is 10.3. The van der Waals surface area contributed by atoms with Crippen molar-refractivity contribution in [2.75, 3.05) is 7.11 Å². The first kappa shape index (κ1) is 11.4. The number of aromatic amines is 1. The molecule has 0 atom stereocenters. The van der Waals surface area contributed by atoms with E-state index in [9.17, 15) is 9.59 Å². The highest BCUT2D eigenvalue weighted by Crippen LogP contribution is 1.90. The second-order valence-corrected chi connectivity index (χ2v) is 1.90. The number of hydrogen-bond acceptors (Lipinski definition) is 3. The number of aromatic nitrogens is 1. The molecule has 72 valence electrons. The monoisotopic (exact) mass is 183 g/mol. The first-order valence-electron chi connectivity index (χ1n) is 4.01. The van der Waals surface area contributed by atoms with Gasteiger partial charge >= 0.3 is 5.97 Å². The molecular weight excluding hydrogens is 170 g/mol. The number of esters is 1. The topological polar surface area (TPSA) is 59.2 Å². The molecule has 1 aromatic heterocycles. The van der Waals surface area contributed by atoms with E-state index in [0.717, 1.165) is 0 Å². The van der Waals surface area contributed by atoms with E-state index in [4.69, 9.17) is 0 Å². The Hall–Kier alpha value is -1.58. The van der Waals surface area contributed by atoms with Gasteiger partial charge in [-0.2, -0.15) is 0 Å². The SMILES string of the molecule is CC.COC(=O)c1ccc[nH]c1=O. The van der Waals surface area contributed by atoms with Crippen LogP contribution in [0.15, 0.2) is 23.1 Å². The van der Waals surface area contributed by atoms with Gasteiger partial charge in [0.15, 0.2) is 0 Å². The van der Waals surface area contributed by atoms with Crippen LogP contribution in [0, 0.1) is 0 Å². The van der Waals surface area contributed by atoms with Crippen LogP contribution < -0.4 is 5.56 Å². The molecule has 0 aliphatic carbocycles. The quantitative estimate of drug-likeness (QED) is 0.665. The second kappa shape index (κ2) is 5.99. The molecule has 0 fully saturated rings. The van der Waals surface area contributed by atoms with Gasteiger partial charge < -0.3 is 9.72 Å². The molecule has 0 amide bonds. The molecule has 4 heteroatoms. The molecule has 0 radical (unpaired) electrons. The molecule has 0 bridgehead atoms. The van der Waals surface area contributed by atoms with Crippen molar-refractivity contribution in [2.45, 2.75) is 13.8 Å². The Bertz CT molecular complexity index is 317. The first-order valence-corrected chi connectivity index (χ1v) is 4.01. The first-order chi connectivity index (χ1) is 6.25. The summed E-state index contributed by atoms with van der Waals surface area (Å²) in [6, 6.07) is 2.97. The summed E-state index contributed by atoms with van der Waals surface area (Å²) in [6.07, 6.45) is 1.45. The van der Waals surface area contributed by atoms with E-state index in [-0.39, 0.29) is 5.56 Å². The van der Waals surface area contributed by atoms with E-state index >= 15 is 0 Å². The smallest absolute Gasteiger partial charge is 0.343 e. The number of ether oxygens (including phenoxy) is 1. The van der Waals surface area contributed by atoms with Crippen LogP contribution in [0.3, 0.4) is 0 Å². The summed E-state index contributed by atoms with van der Waals surface area (Å²) < 4.78 is 4.36. The van der Waals surface area contributed by atoms with Crippen LogP contribution in [0.5, 0.6) is 0 Å². The van der Waals surface area contributed by atoms with Gasteiger partial charge in [0.2, 0.25) is 0 Å². The van der Waals surface area contributed by atoms with Crippen molar-refractivity contribution in [3.05, 3.63) is 34.2 Å². The van der Waals surface area contributed by atoms with Gasteiger partial charge in [-0.05, 0) is 12.1 Å². The average molecular weight is 183 g/mol. The zero-order valence-electron chi connectivity index (χ0n) is 7.96. The maximum atomic E-state index is 10.9. The Morgan fingerprint density at radius 2 is 2.08 bits per heavy atom. The lowest BCUT2D eigenvalue weighted by Gasteiger charge is -1.94. The van der Waals surface area contributed by atoms with Gasteiger partial charge in [0.25, 0.3) is 5.56 Å². The predicted molar refractivity (Wildman–Crippen MR) is 49.8 cm³/mol. The standard InChI is InChI=1S/C7H7NO3.C2H6/c1-11-7(10)5-3-2-4-8-6(5)9;1-2/h2-4H,1H3,(H,8,9);1-2H3. The van der Waals surface area contributed by atoms with Gasteiger partial charge in [-0.3, -0.25) is 4.79 Å². The zero-order chi connectivity index (χ0) is 10.3. The third-order valence-electron chi connectivity index (χ3n) is 1.22. The molecule has 0 aliphatic heterocycles. The van der Waals surface area contributed by atoms with Gasteiger partial charge in [-0.25, -0.2) is 4.79 Å². The molecule has 0 saturated carbocycles. The number of nitrogens with one attached hydrogen (secondary N) is 1. The van der Waals surface area contributed by atoms with Crippen molar-refractivity contribution in [3.8, 4) is 0 Å². The fraction of sp³-hybridized carbons (Fsp3) is 0.333. The summed E-state index contributed by atoms with van der Waals surface area (Å²) >= 11 is 0. The number of methoxy groups -OCH3 is 1. The Morgan fingerprint density at radius 3 is 2.54 bits per heavy atom. The summed E-state index contributed by atoms with van der Waals surface area (Å²) in [5, 5.41) is 0. The number of pyridine rings is 1. The number of carbonyl (C=O) groups excluding carboxylic acids is 1. The summed E-state index contributed by atoms with van der Waals surface area (Å²) in [7, 11) is 1.23. The number of hydrogen-bond donors (Lipinski definition) is 1. The molecule has 1 rings (SSSR count). The van der Waals surface area contributed by atoms with E-state index in [1.165, 1.54) is 19.4 Å². The molecule has 0 spiro atoms. The van der Waals surface area contributed by atoms with Crippen LogP contribution in [0.4, 0.5) is 0 Å². The molecule has 1 N–H and O–H groups in total. The van der Waals surface area contributed by atoms with E-state index in [1.54, 1.807) is 6.07 Å². The average Bonchev–Trinajstić information content (AvgIpc) is 2.20. The number of carbonyl (C=O) groups is 1. The fourth-order valence-corrected chi connectivity index (χ4v) is 0.692. The zero-order valence-corrected chi connectivity index (χ0v) is 7.96. The molecule has 13 heavy (non-hydrogen) atoms.